The second-order valence-corrected chi connectivity index (χ2v) is 7.05. The Bertz CT molecular complexity index is 616. The minimum Gasteiger partial charge on any atom is -0.467 e. The Balaban J connectivity index is 2.55. The van der Waals surface area contributed by atoms with E-state index >= 15 is 0 Å². The maximum Gasteiger partial charge on any atom is 0.328 e. The van der Waals surface area contributed by atoms with Crippen LogP contribution in [-0.4, -0.2) is 24.7 Å². The first kappa shape index (κ1) is 17.6. The first-order valence-corrected chi connectivity index (χ1v) is 8.49. The Hall–Kier alpha value is -1.77. The molecule has 0 amide bonds. The van der Waals surface area contributed by atoms with Gasteiger partial charge in [0.1, 0.15) is 6.04 Å². The highest BCUT2D eigenvalue weighted by Crippen LogP contribution is 2.41. The molecule has 1 aliphatic heterocycles. The van der Waals surface area contributed by atoms with Crippen molar-refractivity contribution < 1.29 is 9.53 Å². The summed E-state index contributed by atoms with van der Waals surface area (Å²) in [6, 6.07) is 6.22. The van der Waals surface area contributed by atoms with Gasteiger partial charge in [-0.15, -0.1) is 0 Å². The van der Waals surface area contributed by atoms with Crippen molar-refractivity contribution in [1.29, 1.82) is 0 Å². The molecule has 0 spiro atoms. The van der Waals surface area contributed by atoms with Crippen molar-refractivity contribution >= 4 is 17.2 Å². The van der Waals surface area contributed by atoms with Gasteiger partial charge in [0, 0.05) is 11.3 Å². The number of anilines is 1. The van der Waals surface area contributed by atoms with Crippen molar-refractivity contribution in [2.75, 3.05) is 12.0 Å². The molecule has 0 aromatic heterocycles. The van der Waals surface area contributed by atoms with Gasteiger partial charge in [-0.2, -0.15) is 0 Å². The molecule has 0 saturated heterocycles. The number of carbonyl (C=O) groups excluding carboxylic acids is 1. The van der Waals surface area contributed by atoms with Crippen molar-refractivity contribution in [2.24, 2.45) is 0 Å². The lowest BCUT2D eigenvalue weighted by Crippen LogP contribution is -2.54. The van der Waals surface area contributed by atoms with Gasteiger partial charge >= 0.3 is 5.97 Å². The Morgan fingerprint density at radius 2 is 2.00 bits per heavy atom. The third kappa shape index (κ3) is 3.44. The van der Waals surface area contributed by atoms with E-state index in [0.717, 1.165) is 24.9 Å². The number of ether oxygens (including phenoxy) is 1. The summed E-state index contributed by atoms with van der Waals surface area (Å²) in [4.78, 5) is 14.7. The van der Waals surface area contributed by atoms with Crippen molar-refractivity contribution in [2.45, 2.75) is 65.5 Å². The topological polar surface area (TPSA) is 29.5 Å². The van der Waals surface area contributed by atoms with Gasteiger partial charge in [-0.25, -0.2) is 4.79 Å². The first-order chi connectivity index (χ1) is 10.8. The van der Waals surface area contributed by atoms with Crippen molar-refractivity contribution in [3.05, 3.63) is 35.4 Å². The van der Waals surface area contributed by atoms with E-state index in [9.17, 15) is 4.79 Å². The summed E-state index contributed by atoms with van der Waals surface area (Å²) in [6.45, 7) is 10.7. The van der Waals surface area contributed by atoms with Crippen molar-refractivity contribution in [1.82, 2.24) is 0 Å². The number of nitrogens with zero attached hydrogens (tertiary/aromatic N) is 1. The summed E-state index contributed by atoms with van der Waals surface area (Å²) in [5.74, 6) is -0.147. The van der Waals surface area contributed by atoms with Gasteiger partial charge in [0.25, 0.3) is 0 Å². The molecule has 3 heteroatoms. The summed E-state index contributed by atoms with van der Waals surface area (Å²) in [5, 5.41) is 0. The zero-order chi connectivity index (χ0) is 17.2. The van der Waals surface area contributed by atoms with E-state index in [1.807, 2.05) is 0 Å². The van der Waals surface area contributed by atoms with Crippen LogP contribution in [0.3, 0.4) is 0 Å². The van der Waals surface area contributed by atoms with Gasteiger partial charge in [0.05, 0.1) is 12.6 Å². The SMILES string of the molecule is CCCC[C@H](C(=O)OC)N1c2ccc(C)cc2C(C)=CC1(C)C. The molecule has 2 rings (SSSR count). The predicted molar refractivity (Wildman–Crippen MR) is 96.7 cm³/mol. The minimum absolute atomic E-state index is 0.147. The minimum atomic E-state index is -0.249. The molecule has 0 aliphatic carbocycles. The molecular weight excluding hydrogens is 286 g/mol. The van der Waals surface area contributed by atoms with Crippen LogP contribution in [0, 0.1) is 6.92 Å². The van der Waals surface area contributed by atoms with E-state index in [4.69, 9.17) is 4.74 Å². The molecule has 0 bridgehead atoms. The van der Waals surface area contributed by atoms with Gasteiger partial charge in [-0.3, -0.25) is 0 Å². The lowest BCUT2D eigenvalue weighted by molar-refractivity contribution is -0.142. The van der Waals surface area contributed by atoms with E-state index < -0.39 is 0 Å². The number of fused-ring (bicyclic) bond motifs is 1. The van der Waals surface area contributed by atoms with Crippen LogP contribution in [0.2, 0.25) is 0 Å². The smallest absolute Gasteiger partial charge is 0.328 e. The number of unbranched alkanes of at least 4 members (excludes halogenated alkanes) is 1. The molecular formula is C20H29NO2. The molecule has 0 unspecified atom stereocenters. The summed E-state index contributed by atoms with van der Waals surface area (Å²) < 4.78 is 5.12. The van der Waals surface area contributed by atoms with E-state index in [-0.39, 0.29) is 17.6 Å². The molecule has 23 heavy (non-hydrogen) atoms. The van der Waals surface area contributed by atoms with Gasteiger partial charge in [-0.1, -0.05) is 37.5 Å². The summed E-state index contributed by atoms with van der Waals surface area (Å²) in [7, 11) is 1.48. The molecule has 1 atom stereocenters. The highest BCUT2D eigenvalue weighted by Gasteiger charge is 2.39. The van der Waals surface area contributed by atoms with Crippen molar-refractivity contribution in [3.63, 3.8) is 0 Å². The average Bonchev–Trinajstić information content (AvgIpc) is 2.49. The quantitative estimate of drug-likeness (QED) is 0.736. The zero-order valence-corrected chi connectivity index (χ0v) is 15.3. The third-order valence-corrected chi connectivity index (χ3v) is 4.64. The highest BCUT2D eigenvalue weighted by atomic mass is 16.5. The average molecular weight is 315 g/mol. The molecule has 0 radical (unpaired) electrons. The highest BCUT2D eigenvalue weighted by molar-refractivity contribution is 5.87. The van der Waals surface area contributed by atoms with E-state index in [1.165, 1.54) is 23.8 Å². The number of aryl methyl sites for hydroxylation is 1. The summed E-state index contributed by atoms with van der Waals surface area (Å²) >= 11 is 0. The van der Waals surface area contributed by atoms with Crippen LogP contribution in [0.5, 0.6) is 0 Å². The van der Waals surface area contributed by atoms with Crippen molar-refractivity contribution in [3.8, 4) is 0 Å². The van der Waals surface area contributed by atoms with Crippen LogP contribution in [0.1, 0.15) is 58.1 Å². The maximum absolute atomic E-state index is 12.5. The number of hydrogen-bond donors (Lipinski definition) is 0. The molecule has 1 heterocycles. The monoisotopic (exact) mass is 315 g/mol. The van der Waals surface area contributed by atoms with Crippen LogP contribution < -0.4 is 4.90 Å². The fourth-order valence-corrected chi connectivity index (χ4v) is 3.62. The van der Waals surface area contributed by atoms with Crippen LogP contribution in [-0.2, 0) is 9.53 Å². The molecule has 1 aromatic rings. The molecule has 1 aromatic carbocycles. The van der Waals surface area contributed by atoms with Crippen LogP contribution in [0.4, 0.5) is 5.69 Å². The number of esters is 1. The first-order valence-electron chi connectivity index (χ1n) is 8.49. The van der Waals surface area contributed by atoms with Crippen LogP contribution in [0.25, 0.3) is 5.57 Å². The molecule has 0 fully saturated rings. The number of allylic oxidation sites excluding steroid dienone is 1. The molecule has 126 valence electrons. The normalized spacial score (nSPS) is 17.3. The number of rotatable bonds is 5. The predicted octanol–water partition coefficient (Wildman–Crippen LogP) is 4.73. The fourth-order valence-electron chi connectivity index (χ4n) is 3.62. The standard InChI is InChI=1S/C20H29NO2/c1-7-8-9-18(19(22)23-6)21-17-11-10-14(2)12-16(17)15(3)13-20(21,4)5/h10-13,18H,7-9H2,1-6H3/t18-/m1/s1. The lowest BCUT2D eigenvalue weighted by Gasteiger charge is -2.47. The van der Waals surface area contributed by atoms with Gasteiger partial charge in [-0.05, 0) is 51.8 Å². The van der Waals surface area contributed by atoms with E-state index in [1.54, 1.807) is 0 Å². The lowest BCUT2D eigenvalue weighted by atomic mass is 9.86. The Labute approximate surface area is 140 Å². The molecule has 1 aliphatic rings. The third-order valence-electron chi connectivity index (χ3n) is 4.64. The van der Waals surface area contributed by atoms with E-state index in [2.05, 4.69) is 63.8 Å². The molecule has 0 N–H and O–H groups in total. The van der Waals surface area contributed by atoms with Gasteiger partial charge < -0.3 is 9.64 Å². The summed E-state index contributed by atoms with van der Waals surface area (Å²) in [6.07, 6.45) is 5.15. The second kappa shape index (κ2) is 6.77. The van der Waals surface area contributed by atoms with Crippen LogP contribution >= 0.6 is 0 Å². The number of carbonyl (C=O) groups is 1. The van der Waals surface area contributed by atoms with Gasteiger partial charge in [0.2, 0.25) is 0 Å². The van der Waals surface area contributed by atoms with E-state index in [0.29, 0.717) is 0 Å². The Kier molecular flexibility index (Phi) is 5.18. The second-order valence-electron chi connectivity index (χ2n) is 7.05. The maximum atomic E-state index is 12.5. The number of benzene rings is 1. The molecule has 0 saturated carbocycles. The Morgan fingerprint density at radius 1 is 1.30 bits per heavy atom. The Morgan fingerprint density at radius 3 is 2.61 bits per heavy atom. The van der Waals surface area contributed by atoms with Gasteiger partial charge in [0.15, 0.2) is 0 Å². The summed E-state index contributed by atoms with van der Waals surface area (Å²) in [5.41, 5.74) is 4.63. The molecule has 3 nitrogen and oxygen atoms in total. The number of hydrogen-bond acceptors (Lipinski definition) is 3. The van der Waals surface area contributed by atoms with Crippen LogP contribution in [0.15, 0.2) is 24.3 Å². The number of methoxy groups -OCH3 is 1. The fraction of sp³-hybridized carbons (Fsp3) is 0.550. The largest absolute Gasteiger partial charge is 0.467 e. The zero-order valence-electron chi connectivity index (χ0n) is 15.3.